The molecule has 8 aromatic rings. The van der Waals surface area contributed by atoms with Crippen LogP contribution in [0.4, 0.5) is 38.9 Å². The zero-order valence-corrected chi connectivity index (χ0v) is 80.0. The van der Waals surface area contributed by atoms with Crippen LogP contribution in [0.5, 0.6) is 69.0 Å². The predicted molar refractivity (Wildman–Crippen MR) is 503 cm³/mol. The maximum atomic E-state index is 14.2. The Kier molecular flexibility index (Phi) is 34.3. The zero-order chi connectivity index (χ0) is 97.3. The van der Waals surface area contributed by atoms with Crippen LogP contribution in [0.25, 0.3) is 11.1 Å². The Morgan fingerprint density at radius 3 is 1.26 bits per heavy atom. The molecule has 1 aliphatic carbocycles. The SMILES string of the molecule is C=C1C[C@@H](C2OCCN2C(=O)OCC2c3ccccc3-c3ccccc32)N(C(=O)c2cc(OC)c(OCCCCCOc3cc(N)c(C(=O)O)cc3OC)cc2N)C1.C=C1C[C@H]2C(S(=O)(=O)[O-])=Nc3cc(OCCCCCOc4cc(N)c(C(=O)O)cc4OC)c(OC)cc3C(=O)N2C1.C=C1C[C@H]2C=Nc3cc(OCCCCCOc4cc(N)c(C(=O)O)cc4OC)c(OC)cc3C(=O)N2C1.[Na+]. The molecule has 15 rings (SSSR count). The Hall–Kier alpha value is -13.9. The number of hydrogen-bond acceptors (Lipinski definition) is 30. The molecule has 0 bridgehead atoms. The summed E-state index contributed by atoms with van der Waals surface area (Å²) in [5, 5.41) is 27.1. The largest absolute Gasteiger partial charge is 1.00 e. The number of rotatable bonds is 37. The Bertz CT molecular complexity index is 6060. The van der Waals surface area contributed by atoms with E-state index in [1.54, 1.807) is 52.3 Å². The van der Waals surface area contributed by atoms with Crippen LogP contribution < -0.4 is 109 Å². The second-order valence-corrected chi connectivity index (χ2v) is 34.2. The molecule has 720 valence electrons. The first-order chi connectivity index (χ1) is 65.3. The standard InChI is InChI=1S/C44H48N4O10.C27H31N3O10S.C27H31N3O7.Na/c1-26-19-36(42-47(15-18-57-42)44(52)58-25-33-29-13-7-5-11-27(29)28-12-6-8-14-30(28)33)48(24-26)41(49)31-20-37(53-2)39(22-34(31)45)55-16-9-4-10-17-56-40-23-35(46)32(43(50)51)21-38(40)54-3;1-15-9-20-25(41(34,35)36)29-19-13-24(22(38-3)11-17(19)26(31)30(20)14-15)40-8-6-4-5-7-39-23-12-18(28)16(27(32)33)10-21(23)37-2;1-16-9-17-14-29-21-13-25(23(35-3)11-19(21)26(31)30(17)15-16)37-8-6-4-5-7-36-24-12-20(28)18(27(32)33)10-22(24)34-2;/h5-8,11-14,20-23,33,36,42H,1,4,9-10,15-19,24-25,45-46H2,2-3H3,(H,50,51);10-13,20H,1,4-9,14,28H2,2-3H3,(H,32,33)(H,34,35,36);10-14,17H,1,4-9,15,28H2,2-3H3,(H,32,33);/q;;;+1/p-1/t36-,42?;20-;17-;/m000./s1. The van der Waals surface area contributed by atoms with E-state index >= 15 is 0 Å². The van der Waals surface area contributed by atoms with E-state index < -0.39 is 63.4 Å². The number of anilines is 4. The number of likely N-dealkylation sites (tertiary alicyclic amines) is 1. The van der Waals surface area contributed by atoms with Crippen molar-refractivity contribution in [2.45, 2.75) is 107 Å². The Balaban J connectivity index is 0.000000190. The fourth-order valence-corrected chi connectivity index (χ4v) is 17.8. The van der Waals surface area contributed by atoms with Gasteiger partial charge >= 0.3 is 53.6 Å². The van der Waals surface area contributed by atoms with E-state index in [9.17, 15) is 61.9 Å². The number of carbonyl (C=O) groups excluding carboxylic acids is 4. The van der Waals surface area contributed by atoms with Gasteiger partial charge in [0, 0.05) is 92.1 Å². The Labute approximate surface area is 813 Å². The molecule has 39 heteroatoms. The summed E-state index contributed by atoms with van der Waals surface area (Å²) in [6.07, 6.45) is 8.31. The number of aliphatic imine (C=N–C) groups is 2. The number of nitrogen functional groups attached to an aromatic ring is 4. The number of benzene rings is 8. The van der Waals surface area contributed by atoms with Crippen molar-refractivity contribution in [3.63, 3.8) is 0 Å². The fraction of sp³-hybridized carbons (Fsp3) is 0.357. The monoisotopic (exact) mass is 1910 g/mol. The molecule has 11 N–H and O–H groups in total. The van der Waals surface area contributed by atoms with Gasteiger partial charge in [0.05, 0.1) is 175 Å². The van der Waals surface area contributed by atoms with Crippen molar-refractivity contribution < 1.29 is 158 Å². The van der Waals surface area contributed by atoms with Gasteiger partial charge in [-0.2, -0.15) is 0 Å². The van der Waals surface area contributed by atoms with Gasteiger partial charge in [-0.25, -0.2) is 32.6 Å². The molecule has 4 fully saturated rings. The molecule has 4 amide bonds. The molecule has 0 saturated carbocycles. The summed E-state index contributed by atoms with van der Waals surface area (Å²) >= 11 is 0. The van der Waals surface area contributed by atoms with E-state index in [0.29, 0.717) is 154 Å². The number of carboxylic acid groups (broad SMARTS) is 3. The van der Waals surface area contributed by atoms with Gasteiger partial charge in [-0.05, 0) is 118 Å². The molecular weight excluding hydrogens is 1800 g/mol. The molecule has 137 heavy (non-hydrogen) atoms. The number of aromatic carboxylic acids is 3. The van der Waals surface area contributed by atoms with Crippen LogP contribution in [0.15, 0.2) is 168 Å². The molecule has 4 saturated heterocycles. The Morgan fingerprint density at radius 2 is 0.832 bits per heavy atom. The van der Waals surface area contributed by atoms with Crippen LogP contribution in [0.3, 0.4) is 0 Å². The number of ether oxygens (including phenoxy) is 14. The summed E-state index contributed by atoms with van der Waals surface area (Å²) in [6, 6.07) is 32.5. The summed E-state index contributed by atoms with van der Waals surface area (Å²) in [7, 11) is 3.78. The van der Waals surface area contributed by atoms with Gasteiger partial charge in [-0.3, -0.25) is 24.3 Å². The number of carbonyl (C=O) groups is 7. The minimum Gasteiger partial charge on any atom is -0.743 e. The molecule has 0 spiro atoms. The molecule has 0 radical (unpaired) electrons. The van der Waals surface area contributed by atoms with Crippen LogP contribution in [-0.2, 0) is 19.6 Å². The third-order valence-corrected chi connectivity index (χ3v) is 24.7. The maximum absolute atomic E-state index is 14.2. The number of carboxylic acids is 3. The molecule has 4 atom stereocenters. The van der Waals surface area contributed by atoms with Gasteiger partial charge < -0.3 is 124 Å². The van der Waals surface area contributed by atoms with Gasteiger partial charge in [0.2, 0.25) is 0 Å². The minimum atomic E-state index is -4.94. The number of nitrogens with two attached hydrogens (primary N) is 4. The predicted octanol–water partition coefficient (Wildman–Crippen LogP) is 10.6. The van der Waals surface area contributed by atoms with E-state index in [1.807, 2.05) is 24.3 Å². The molecule has 37 nitrogen and oxygen atoms in total. The van der Waals surface area contributed by atoms with E-state index in [1.165, 1.54) is 89.0 Å². The topological polar surface area (TPSA) is 508 Å². The summed E-state index contributed by atoms with van der Waals surface area (Å²) in [4.78, 5) is 103. The van der Waals surface area contributed by atoms with E-state index in [-0.39, 0.29) is 165 Å². The quantitative estimate of drug-likeness (QED) is 0.00625. The molecule has 8 aromatic carbocycles. The number of hydrogen-bond donors (Lipinski definition) is 7. The van der Waals surface area contributed by atoms with Crippen molar-refractivity contribution in [3.05, 3.63) is 202 Å². The average Bonchev–Trinajstić information content (AvgIpc) is 1.62. The second kappa shape index (κ2) is 46.1. The second-order valence-electron chi connectivity index (χ2n) is 32.8. The normalized spacial score (nSPS) is 16.5. The van der Waals surface area contributed by atoms with Crippen molar-refractivity contribution in [2.75, 3.05) is 145 Å². The molecule has 6 aliphatic heterocycles. The number of amides is 4. The van der Waals surface area contributed by atoms with Crippen LogP contribution in [-0.4, -0.2) is 247 Å². The van der Waals surface area contributed by atoms with Crippen molar-refractivity contribution in [1.29, 1.82) is 0 Å². The molecule has 7 aliphatic rings. The van der Waals surface area contributed by atoms with Crippen LogP contribution in [0.2, 0.25) is 0 Å². The number of unbranched alkanes of at least 4 members (excludes halogenated alkanes) is 6. The maximum Gasteiger partial charge on any atom is 1.00 e. The summed E-state index contributed by atoms with van der Waals surface area (Å²) in [5.41, 5.74) is 32.7. The number of nitrogens with zero attached hydrogens (tertiary/aromatic N) is 6. The molecule has 6 heterocycles. The van der Waals surface area contributed by atoms with Crippen LogP contribution in [0, 0.1) is 0 Å². The molecular formula is C98H109N10NaO27S. The first-order valence-electron chi connectivity index (χ1n) is 43.9. The summed E-state index contributed by atoms with van der Waals surface area (Å²) < 4.78 is 116. The van der Waals surface area contributed by atoms with Crippen molar-refractivity contribution in [1.82, 2.24) is 19.6 Å². The third-order valence-electron chi connectivity index (χ3n) is 23.8. The van der Waals surface area contributed by atoms with Crippen molar-refractivity contribution in [2.24, 2.45) is 9.98 Å². The number of fused-ring (bicyclic) bond motifs is 7. The van der Waals surface area contributed by atoms with Crippen molar-refractivity contribution in [3.8, 4) is 80.1 Å². The van der Waals surface area contributed by atoms with E-state index in [2.05, 4.69) is 54.0 Å². The average molecular weight is 1910 g/mol. The third kappa shape index (κ3) is 23.8. The zero-order valence-electron chi connectivity index (χ0n) is 77.1. The fourth-order valence-electron chi connectivity index (χ4n) is 17.0. The molecule has 1 unspecified atom stereocenters. The van der Waals surface area contributed by atoms with E-state index in [4.69, 9.17) is 89.3 Å². The van der Waals surface area contributed by atoms with Gasteiger partial charge in [0.25, 0.3) is 17.7 Å². The van der Waals surface area contributed by atoms with Crippen molar-refractivity contribution >= 4 is 97.2 Å². The van der Waals surface area contributed by atoms with Gasteiger partial charge in [0.15, 0.2) is 75.2 Å². The van der Waals surface area contributed by atoms with Gasteiger partial charge in [0.1, 0.15) is 21.8 Å². The first-order valence-corrected chi connectivity index (χ1v) is 45.3. The van der Waals surface area contributed by atoms with Gasteiger partial charge in [-0.15, -0.1) is 0 Å². The Morgan fingerprint density at radius 1 is 0.460 bits per heavy atom. The minimum absolute atomic E-state index is 0. The van der Waals surface area contributed by atoms with Crippen LogP contribution in [0.1, 0.15) is 156 Å². The summed E-state index contributed by atoms with van der Waals surface area (Å²) in [5.74, 6) is -0.213. The molecule has 0 aromatic heterocycles. The smallest absolute Gasteiger partial charge is 0.743 e. The van der Waals surface area contributed by atoms with Crippen LogP contribution >= 0.6 is 0 Å². The summed E-state index contributed by atoms with van der Waals surface area (Å²) in [6.45, 7) is 15.9. The van der Waals surface area contributed by atoms with E-state index in [0.717, 1.165) is 65.5 Å². The number of methoxy groups -OCH3 is 6. The first kappa shape index (κ1) is 102. The van der Waals surface area contributed by atoms with Gasteiger partial charge in [-0.1, -0.05) is 85.0 Å².